The van der Waals surface area contributed by atoms with Crippen LogP contribution in [0.5, 0.6) is 0 Å². The average Bonchev–Trinajstić information content (AvgIpc) is 2.74. The van der Waals surface area contributed by atoms with Gasteiger partial charge in [0.25, 0.3) is 5.56 Å². The van der Waals surface area contributed by atoms with Gasteiger partial charge in [0.05, 0.1) is 0 Å². The van der Waals surface area contributed by atoms with Gasteiger partial charge in [-0.05, 0) is 73.8 Å². The standard InChI is InChI=1S/C20H26N2O2/c1-11-10-15(18(23)16-13(3)21-22(6)19(16)24)12(2)17-14(11)8-7-9-20(17,4)5/h10,21H,7-9H2,1-6H3. The number of H-pyrrole nitrogens is 1. The van der Waals surface area contributed by atoms with E-state index in [4.69, 9.17) is 0 Å². The Morgan fingerprint density at radius 2 is 1.92 bits per heavy atom. The Balaban J connectivity index is 2.25. The van der Waals surface area contributed by atoms with Gasteiger partial charge in [-0.2, -0.15) is 0 Å². The highest BCUT2D eigenvalue weighted by Gasteiger charge is 2.32. The predicted octanol–water partition coefficient (Wildman–Crippen LogP) is 3.48. The molecule has 24 heavy (non-hydrogen) atoms. The van der Waals surface area contributed by atoms with Gasteiger partial charge in [0.1, 0.15) is 5.56 Å². The molecule has 4 nitrogen and oxygen atoms in total. The van der Waals surface area contributed by atoms with E-state index in [1.807, 2.05) is 13.0 Å². The van der Waals surface area contributed by atoms with Crippen molar-refractivity contribution in [1.82, 2.24) is 9.78 Å². The molecule has 1 aliphatic rings. The Morgan fingerprint density at radius 3 is 2.50 bits per heavy atom. The molecule has 0 atom stereocenters. The van der Waals surface area contributed by atoms with Gasteiger partial charge in [-0.1, -0.05) is 13.8 Å². The molecule has 128 valence electrons. The minimum Gasteiger partial charge on any atom is -0.299 e. The molecule has 1 aromatic heterocycles. The molecule has 0 spiro atoms. The lowest BCUT2D eigenvalue weighted by Crippen LogP contribution is -2.28. The zero-order chi connectivity index (χ0) is 17.8. The van der Waals surface area contributed by atoms with Crippen LogP contribution in [0.15, 0.2) is 10.9 Å². The van der Waals surface area contributed by atoms with Crippen LogP contribution in [-0.2, 0) is 18.9 Å². The molecule has 4 heteroatoms. The molecule has 0 saturated carbocycles. The first kappa shape index (κ1) is 16.7. The van der Waals surface area contributed by atoms with Gasteiger partial charge in [0.2, 0.25) is 5.78 Å². The van der Waals surface area contributed by atoms with Gasteiger partial charge in [0.15, 0.2) is 0 Å². The second-order valence-corrected chi connectivity index (χ2v) is 7.76. The summed E-state index contributed by atoms with van der Waals surface area (Å²) in [6.45, 7) is 10.4. The van der Waals surface area contributed by atoms with Crippen LogP contribution in [0.2, 0.25) is 0 Å². The molecule has 0 saturated heterocycles. The lowest BCUT2D eigenvalue weighted by molar-refractivity contribution is 0.103. The molecular formula is C20H26N2O2. The van der Waals surface area contributed by atoms with E-state index >= 15 is 0 Å². The number of fused-ring (bicyclic) bond motifs is 1. The third-order valence-corrected chi connectivity index (χ3v) is 5.52. The zero-order valence-electron chi connectivity index (χ0n) is 15.5. The lowest BCUT2D eigenvalue weighted by atomic mass is 9.68. The van der Waals surface area contributed by atoms with Crippen LogP contribution < -0.4 is 5.56 Å². The number of nitrogens with one attached hydrogen (secondary N) is 1. The summed E-state index contributed by atoms with van der Waals surface area (Å²) in [5.74, 6) is -0.167. The summed E-state index contributed by atoms with van der Waals surface area (Å²) < 4.78 is 1.37. The molecule has 3 rings (SSSR count). The first-order valence-electron chi connectivity index (χ1n) is 8.59. The second kappa shape index (κ2) is 5.47. The molecule has 1 heterocycles. The Bertz CT molecular complexity index is 897. The minimum absolute atomic E-state index is 0.0663. The van der Waals surface area contributed by atoms with Gasteiger partial charge in [-0.3, -0.25) is 19.4 Å². The maximum Gasteiger partial charge on any atom is 0.277 e. The van der Waals surface area contributed by atoms with Crippen LogP contribution in [0.3, 0.4) is 0 Å². The summed E-state index contributed by atoms with van der Waals surface area (Å²) in [6, 6.07) is 1.98. The van der Waals surface area contributed by atoms with E-state index in [9.17, 15) is 9.59 Å². The van der Waals surface area contributed by atoms with Gasteiger partial charge < -0.3 is 0 Å². The molecule has 0 bridgehead atoms. The molecule has 1 aliphatic carbocycles. The number of benzene rings is 1. The van der Waals surface area contributed by atoms with Crippen molar-refractivity contribution in [2.75, 3.05) is 0 Å². The molecule has 0 fully saturated rings. The predicted molar refractivity (Wildman–Crippen MR) is 96.1 cm³/mol. The van der Waals surface area contributed by atoms with Crippen LogP contribution in [0, 0.1) is 20.8 Å². The number of aryl methyl sites for hydroxylation is 3. The average molecular weight is 326 g/mol. The van der Waals surface area contributed by atoms with E-state index in [0.29, 0.717) is 11.3 Å². The number of rotatable bonds is 2. The van der Waals surface area contributed by atoms with Gasteiger partial charge in [-0.15, -0.1) is 0 Å². The third-order valence-electron chi connectivity index (χ3n) is 5.52. The van der Waals surface area contributed by atoms with E-state index < -0.39 is 0 Å². The lowest BCUT2D eigenvalue weighted by Gasteiger charge is -2.36. The molecule has 0 aliphatic heterocycles. The van der Waals surface area contributed by atoms with Crippen molar-refractivity contribution >= 4 is 5.78 Å². The van der Waals surface area contributed by atoms with Crippen molar-refractivity contribution in [2.45, 2.75) is 59.3 Å². The number of aromatic nitrogens is 2. The van der Waals surface area contributed by atoms with Crippen LogP contribution >= 0.6 is 0 Å². The Labute approximate surface area is 142 Å². The van der Waals surface area contributed by atoms with E-state index in [1.54, 1.807) is 14.0 Å². The van der Waals surface area contributed by atoms with Gasteiger partial charge in [0, 0.05) is 18.3 Å². The molecule has 0 unspecified atom stereocenters. The summed E-state index contributed by atoms with van der Waals surface area (Å²) in [4.78, 5) is 25.5. The van der Waals surface area contributed by atoms with E-state index in [-0.39, 0.29) is 22.3 Å². The number of carbonyl (C=O) groups excluding carboxylic acids is 1. The molecule has 1 aromatic carbocycles. The van der Waals surface area contributed by atoms with E-state index in [0.717, 1.165) is 24.0 Å². The zero-order valence-corrected chi connectivity index (χ0v) is 15.5. The number of aromatic amines is 1. The fourth-order valence-electron chi connectivity index (χ4n) is 4.36. The largest absolute Gasteiger partial charge is 0.299 e. The minimum atomic E-state index is -0.258. The summed E-state index contributed by atoms with van der Waals surface area (Å²) >= 11 is 0. The van der Waals surface area contributed by atoms with Crippen molar-refractivity contribution in [3.8, 4) is 0 Å². The van der Waals surface area contributed by atoms with Gasteiger partial charge in [-0.25, -0.2) is 0 Å². The van der Waals surface area contributed by atoms with Crippen molar-refractivity contribution < 1.29 is 4.79 Å². The van der Waals surface area contributed by atoms with Crippen molar-refractivity contribution in [1.29, 1.82) is 0 Å². The van der Waals surface area contributed by atoms with E-state index in [1.165, 1.54) is 22.2 Å². The fourth-order valence-corrected chi connectivity index (χ4v) is 4.36. The molecule has 0 radical (unpaired) electrons. The third kappa shape index (κ3) is 2.36. The number of ketones is 1. The summed E-state index contributed by atoms with van der Waals surface area (Å²) in [5, 5.41) is 2.92. The highest BCUT2D eigenvalue weighted by Crippen LogP contribution is 2.41. The van der Waals surface area contributed by atoms with Gasteiger partial charge >= 0.3 is 0 Å². The van der Waals surface area contributed by atoms with Crippen molar-refractivity contribution in [2.24, 2.45) is 7.05 Å². The Hall–Kier alpha value is -2.10. The van der Waals surface area contributed by atoms with Crippen molar-refractivity contribution in [3.05, 3.63) is 55.5 Å². The highest BCUT2D eigenvalue weighted by atomic mass is 16.2. The fraction of sp³-hybridized carbons (Fsp3) is 0.500. The Kier molecular flexibility index (Phi) is 3.82. The van der Waals surface area contributed by atoms with E-state index in [2.05, 4.69) is 25.9 Å². The topological polar surface area (TPSA) is 54.9 Å². The monoisotopic (exact) mass is 326 g/mol. The summed E-state index contributed by atoms with van der Waals surface area (Å²) in [7, 11) is 1.64. The van der Waals surface area contributed by atoms with Crippen LogP contribution in [0.4, 0.5) is 0 Å². The van der Waals surface area contributed by atoms with Crippen molar-refractivity contribution in [3.63, 3.8) is 0 Å². The summed E-state index contributed by atoms with van der Waals surface area (Å²) in [5.41, 5.74) is 6.25. The highest BCUT2D eigenvalue weighted by molar-refractivity contribution is 6.10. The number of hydrogen-bond acceptors (Lipinski definition) is 2. The number of hydrogen-bond donors (Lipinski definition) is 1. The maximum absolute atomic E-state index is 13.1. The molecule has 2 aromatic rings. The second-order valence-electron chi connectivity index (χ2n) is 7.76. The first-order chi connectivity index (χ1) is 11.1. The molecule has 0 amide bonds. The van der Waals surface area contributed by atoms with Crippen LogP contribution in [0.1, 0.15) is 70.6 Å². The first-order valence-corrected chi connectivity index (χ1v) is 8.59. The molecular weight excluding hydrogens is 300 g/mol. The summed E-state index contributed by atoms with van der Waals surface area (Å²) in [6.07, 6.45) is 3.39. The SMILES string of the molecule is Cc1cc(C(=O)c2c(C)[nH]n(C)c2=O)c(C)c2c1CCCC2(C)C. The maximum atomic E-state index is 13.1. The van der Waals surface area contributed by atoms with Crippen LogP contribution in [0.25, 0.3) is 0 Å². The normalized spacial score (nSPS) is 16.1. The quantitative estimate of drug-likeness (QED) is 0.859. The number of nitrogens with zero attached hydrogens (tertiary/aromatic N) is 1. The smallest absolute Gasteiger partial charge is 0.277 e. The number of carbonyl (C=O) groups is 1. The van der Waals surface area contributed by atoms with Crippen LogP contribution in [-0.4, -0.2) is 15.6 Å². The Morgan fingerprint density at radius 1 is 1.25 bits per heavy atom. The molecule has 1 N–H and O–H groups in total.